The van der Waals surface area contributed by atoms with Gasteiger partial charge >= 0.3 is 6.03 Å². The highest BCUT2D eigenvalue weighted by Gasteiger charge is 2.28. The molecule has 1 fully saturated rings. The van der Waals surface area contributed by atoms with Crippen LogP contribution in [0.1, 0.15) is 6.92 Å². The largest absolute Gasteiger partial charge is 0.336 e. The van der Waals surface area contributed by atoms with Crippen molar-refractivity contribution in [1.29, 1.82) is 0 Å². The molecule has 1 aromatic carbocycles. The molecular formula is C10H11N3O3. The Hall–Kier alpha value is -2.11. The van der Waals surface area contributed by atoms with Gasteiger partial charge in [0.05, 0.1) is 11.0 Å². The van der Waals surface area contributed by atoms with Gasteiger partial charge in [-0.2, -0.15) is 0 Å². The third-order valence-electron chi connectivity index (χ3n) is 2.55. The number of hydrogen-bond acceptors (Lipinski definition) is 3. The zero-order chi connectivity index (χ0) is 11.7. The van der Waals surface area contributed by atoms with E-state index in [2.05, 4.69) is 5.32 Å². The second-order valence-corrected chi connectivity index (χ2v) is 3.68. The average Bonchev–Trinajstić information content (AvgIpc) is 2.59. The standard InChI is InChI=1S/C10H11N3O3/c1-7-6-11-10(14)12(7)8-2-4-9(5-3-8)13(15)16/h2-5,7H,6H2,1H3,(H,11,14). The third kappa shape index (κ3) is 1.69. The van der Waals surface area contributed by atoms with Crippen molar-refractivity contribution in [1.82, 2.24) is 5.32 Å². The first-order chi connectivity index (χ1) is 7.59. The molecule has 1 heterocycles. The zero-order valence-electron chi connectivity index (χ0n) is 8.71. The van der Waals surface area contributed by atoms with Crippen molar-refractivity contribution in [2.24, 2.45) is 0 Å². The Balaban J connectivity index is 2.27. The van der Waals surface area contributed by atoms with E-state index in [1.165, 1.54) is 12.1 Å². The maximum atomic E-state index is 11.5. The number of amides is 2. The Labute approximate surface area is 92.0 Å². The number of anilines is 1. The molecule has 2 amide bonds. The fourth-order valence-corrected chi connectivity index (χ4v) is 1.72. The molecular weight excluding hydrogens is 210 g/mol. The summed E-state index contributed by atoms with van der Waals surface area (Å²) in [6.07, 6.45) is 0. The van der Waals surface area contributed by atoms with Crippen molar-refractivity contribution in [2.45, 2.75) is 13.0 Å². The number of nitro groups is 1. The molecule has 0 saturated carbocycles. The smallest absolute Gasteiger partial charge is 0.322 e. The monoisotopic (exact) mass is 221 g/mol. The molecule has 1 atom stereocenters. The first-order valence-electron chi connectivity index (χ1n) is 4.91. The lowest BCUT2D eigenvalue weighted by Gasteiger charge is -2.19. The van der Waals surface area contributed by atoms with E-state index in [9.17, 15) is 14.9 Å². The minimum atomic E-state index is -0.461. The molecule has 0 spiro atoms. The number of rotatable bonds is 2. The van der Waals surface area contributed by atoms with Gasteiger partial charge in [0, 0.05) is 24.4 Å². The number of carbonyl (C=O) groups excluding carboxylic acids is 1. The Morgan fingerprint density at radius 1 is 1.44 bits per heavy atom. The molecule has 0 aliphatic carbocycles. The van der Waals surface area contributed by atoms with Crippen LogP contribution >= 0.6 is 0 Å². The second-order valence-electron chi connectivity index (χ2n) is 3.68. The molecule has 84 valence electrons. The van der Waals surface area contributed by atoms with Crippen LogP contribution in [0.25, 0.3) is 0 Å². The molecule has 1 saturated heterocycles. The highest BCUT2D eigenvalue weighted by atomic mass is 16.6. The van der Waals surface area contributed by atoms with E-state index in [1.54, 1.807) is 17.0 Å². The summed E-state index contributed by atoms with van der Waals surface area (Å²) in [6, 6.07) is 5.86. The molecule has 1 unspecified atom stereocenters. The summed E-state index contributed by atoms with van der Waals surface area (Å²) < 4.78 is 0. The maximum absolute atomic E-state index is 11.5. The molecule has 16 heavy (non-hydrogen) atoms. The lowest BCUT2D eigenvalue weighted by atomic mass is 10.2. The van der Waals surface area contributed by atoms with Crippen molar-refractivity contribution >= 4 is 17.4 Å². The van der Waals surface area contributed by atoms with Crippen LogP contribution < -0.4 is 10.2 Å². The lowest BCUT2D eigenvalue weighted by Crippen LogP contribution is -2.32. The van der Waals surface area contributed by atoms with Crippen molar-refractivity contribution in [3.8, 4) is 0 Å². The minimum Gasteiger partial charge on any atom is -0.336 e. The van der Waals surface area contributed by atoms with Crippen molar-refractivity contribution in [3.05, 3.63) is 34.4 Å². The van der Waals surface area contributed by atoms with Gasteiger partial charge in [-0.05, 0) is 19.1 Å². The fourth-order valence-electron chi connectivity index (χ4n) is 1.72. The van der Waals surface area contributed by atoms with Gasteiger partial charge in [0.2, 0.25) is 0 Å². The SMILES string of the molecule is CC1CNC(=O)N1c1ccc([N+](=O)[O-])cc1. The van der Waals surface area contributed by atoms with Crippen LogP contribution in [0.2, 0.25) is 0 Å². The van der Waals surface area contributed by atoms with Crippen LogP contribution in [0, 0.1) is 10.1 Å². The molecule has 6 heteroatoms. The second kappa shape index (κ2) is 3.80. The third-order valence-corrected chi connectivity index (χ3v) is 2.55. The van der Waals surface area contributed by atoms with Crippen LogP contribution in [0.3, 0.4) is 0 Å². The Morgan fingerprint density at radius 2 is 2.06 bits per heavy atom. The number of nitro benzene ring substituents is 1. The number of nitrogens with zero attached hydrogens (tertiary/aromatic N) is 2. The molecule has 0 radical (unpaired) electrons. The topological polar surface area (TPSA) is 75.5 Å². The first kappa shape index (κ1) is 10.4. The number of non-ortho nitro benzene ring substituents is 1. The summed E-state index contributed by atoms with van der Waals surface area (Å²) in [5, 5.41) is 13.2. The zero-order valence-corrected chi connectivity index (χ0v) is 8.71. The van der Waals surface area contributed by atoms with E-state index in [0.29, 0.717) is 12.2 Å². The van der Waals surface area contributed by atoms with E-state index in [0.717, 1.165) is 0 Å². The quantitative estimate of drug-likeness (QED) is 0.607. The van der Waals surface area contributed by atoms with Gasteiger partial charge in [-0.1, -0.05) is 0 Å². The Kier molecular flexibility index (Phi) is 2.47. The average molecular weight is 221 g/mol. The number of nitrogens with one attached hydrogen (secondary N) is 1. The normalized spacial score (nSPS) is 19.7. The fraction of sp³-hybridized carbons (Fsp3) is 0.300. The molecule has 6 nitrogen and oxygen atoms in total. The van der Waals surface area contributed by atoms with Crippen LogP contribution in [0.4, 0.5) is 16.2 Å². The van der Waals surface area contributed by atoms with Crippen molar-refractivity contribution in [3.63, 3.8) is 0 Å². The first-order valence-corrected chi connectivity index (χ1v) is 4.91. The molecule has 0 bridgehead atoms. The summed E-state index contributed by atoms with van der Waals surface area (Å²) in [7, 11) is 0. The molecule has 2 rings (SSSR count). The van der Waals surface area contributed by atoms with E-state index in [-0.39, 0.29) is 17.8 Å². The van der Waals surface area contributed by atoms with Crippen molar-refractivity contribution < 1.29 is 9.72 Å². The predicted octanol–water partition coefficient (Wildman–Crippen LogP) is 1.51. The molecule has 1 aliphatic heterocycles. The molecule has 1 aromatic rings. The highest BCUT2D eigenvalue weighted by molar-refractivity contribution is 5.94. The van der Waals surface area contributed by atoms with Crippen LogP contribution in [0.15, 0.2) is 24.3 Å². The number of hydrogen-bond donors (Lipinski definition) is 1. The number of urea groups is 1. The van der Waals surface area contributed by atoms with E-state index < -0.39 is 4.92 Å². The van der Waals surface area contributed by atoms with Gasteiger partial charge in [-0.25, -0.2) is 4.79 Å². The lowest BCUT2D eigenvalue weighted by molar-refractivity contribution is -0.384. The molecule has 1 N–H and O–H groups in total. The summed E-state index contributed by atoms with van der Waals surface area (Å²) in [6.45, 7) is 2.51. The predicted molar refractivity (Wildman–Crippen MR) is 58.4 cm³/mol. The van der Waals surface area contributed by atoms with Crippen LogP contribution in [0.5, 0.6) is 0 Å². The van der Waals surface area contributed by atoms with Gasteiger partial charge in [0.15, 0.2) is 0 Å². The van der Waals surface area contributed by atoms with Gasteiger partial charge < -0.3 is 5.32 Å². The number of carbonyl (C=O) groups is 1. The number of benzene rings is 1. The summed E-state index contributed by atoms with van der Waals surface area (Å²) in [5.74, 6) is 0. The molecule has 0 aromatic heterocycles. The van der Waals surface area contributed by atoms with Gasteiger partial charge in [-0.15, -0.1) is 0 Å². The van der Waals surface area contributed by atoms with Crippen LogP contribution in [-0.2, 0) is 0 Å². The summed E-state index contributed by atoms with van der Waals surface area (Å²) >= 11 is 0. The Bertz CT molecular complexity index is 429. The van der Waals surface area contributed by atoms with E-state index >= 15 is 0 Å². The van der Waals surface area contributed by atoms with E-state index in [1.807, 2.05) is 6.92 Å². The maximum Gasteiger partial charge on any atom is 0.322 e. The molecule has 1 aliphatic rings. The highest BCUT2D eigenvalue weighted by Crippen LogP contribution is 2.23. The summed E-state index contributed by atoms with van der Waals surface area (Å²) in [5.41, 5.74) is 0.698. The van der Waals surface area contributed by atoms with Gasteiger partial charge in [-0.3, -0.25) is 15.0 Å². The van der Waals surface area contributed by atoms with Crippen molar-refractivity contribution in [2.75, 3.05) is 11.4 Å². The van der Waals surface area contributed by atoms with E-state index in [4.69, 9.17) is 0 Å². The minimum absolute atomic E-state index is 0.0241. The van der Waals surface area contributed by atoms with Gasteiger partial charge in [0.25, 0.3) is 5.69 Å². The van der Waals surface area contributed by atoms with Crippen LogP contribution in [-0.4, -0.2) is 23.5 Å². The summed E-state index contributed by atoms with van der Waals surface area (Å²) in [4.78, 5) is 23.1. The Morgan fingerprint density at radius 3 is 2.50 bits per heavy atom. The van der Waals surface area contributed by atoms with Gasteiger partial charge in [0.1, 0.15) is 0 Å².